The zero-order valence-electron chi connectivity index (χ0n) is 32.9. The molecule has 16 unspecified atom stereocenters. The Morgan fingerprint density at radius 2 is 1.20 bits per heavy atom. The number of aliphatic imine (C=N–C) groups is 1. The molecule has 1 heterocycles. The SMILES string of the molecule is C/C=N/CCCC(O)CC(O)C/C=C/C(O)CC(O)CC(O)CC(O)C/C=C/C(O)CC(O)CC(O)CC(=O)C(C)C(CC)OC1OC(C)C(O)C(O)C1O. The summed E-state index contributed by atoms with van der Waals surface area (Å²) in [6, 6.07) is 0. The van der Waals surface area contributed by atoms with Crippen molar-refractivity contribution in [1.82, 2.24) is 0 Å². The second kappa shape index (κ2) is 27.8. The molecule has 55 heavy (non-hydrogen) atoms. The van der Waals surface area contributed by atoms with Crippen LogP contribution in [0.3, 0.4) is 0 Å². The molecule has 0 aliphatic carbocycles. The summed E-state index contributed by atoms with van der Waals surface area (Å²) in [4.78, 5) is 17.0. The van der Waals surface area contributed by atoms with Crippen molar-refractivity contribution in [2.24, 2.45) is 10.9 Å². The van der Waals surface area contributed by atoms with Crippen molar-refractivity contribution < 1.29 is 75.5 Å². The van der Waals surface area contributed by atoms with Crippen LogP contribution in [0.2, 0.25) is 0 Å². The van der Waals surface area contributed by atoms with Crippen molar-refractivity contribution >= 4 is 12.0 Å². The van der Waals surface area contributed by atoms with Crippen molar-refractivity contribution in [2.45, 2.75) is 196 Å². The fourth-order valence-electron chi connectivity index (χ4n) is 6.48. The monoisotopic (exact) mass is 793 g/mol. The minimum Gasteiger partial charge on any atom is -0.393 e. The number of carbonyl (C=O) groups is 1. The summed E-state index contributed by atoms with van der Waals surface area (Å²) in [6.45, 7) is 7.30. The molecule has 0 bridgehead atoms. The number of nitrogens with zero attached hydrogens (tertiary/aromatic N) is 1. The fraction of sp³-hybridized carbons (Fsp3) is 0.846. The molecular weight excluding hydrogens is 722 g/mol. The largest absolute Gasteiger partial charge is 0.393 e. The quantitative estimate of drug-likeness (QED) is 0.0260. The Morgan fingerprint density at radius 1 is 0.709 bits per heavy atom. The summed E-state index contributed by atoms with van der Waals surface area (Å²) in [5.74, 6) is -1.10. The van der Waals surface area contributed by atoms with Gasteiger partial charge in [-0.25, -0.2) is 0 Å². The molecule has 1 aliphatic rings. The first-order chi connectivity index (χ1) is 25.9. The lowest BCUT2D eigenvalue weighted by molar-refractivity contribution is -0.306. The molecular formula is C39H71NO15. The molecule has 1 aliphatic heterocycles. The van der Waals surface area contributed by atoms with E-state index in [0.29, 0.717) is 25.8 Å². The highest BCUT2D eigenvalue weighted by atomic mass is 16.7. The average Bonchev–Trinajstić information content (AvgIpc) is 3.09. The molecule has 0 amide bonds. The minimum absolute atomic E-state index is 0.0619. The van der Waals surface area contributed by atoms with Crippen molar-refractivity contribution in [3.05, 3.63) is 24.3 Å². The van der Waals surface area contributed by atoms with E-state index < -0.39 is 97.7 Å². The summed E-state index contributed by atoms with van der Waals surface area (Å²) in [5, 5.41) is 123. The van der Waals surface area contributed by atoms with Crippen molar-refractivity contribution in [3.8, 4) is 0 Å². The fourth-order valence-corrected chi connectivity index (χ4v) is 6.48. The molecule has 0 aromatic heterocycles. The lowest BCUT2D eigenvalue weighted by atomic mass is 9.91. The number of aliphatic hydroxyl groups is 12. The molecule has 0 spiro atoms. The Balaban J connectivity index is 2.36. The first-order valence-electron chi connectivity index (χ1n) is 19.7. The van der Waals surface area contributed by atoms with E-state index in [-0.39, 0.29) is 63.6 Å². The number of ketones is 1. The number of ether oxygens (including phenoxy) is 2. The first-order valence-corrected chi connectivity index (χ1v) is 19.7. The van der Waals surface area contributed by atoms with E-state index in [1.165, 1.54) is 25.2 Å². The molecule has 1 fully saturated rings. The highest BCUT2D eigenvalue weighted by Gasteiger charge is 2.44. The lowest BCUT2D eigenvalue weighted by Crippen LogP contribution is -2.58. The zero-order chi connectivity index (χ0) is 41.7. The van der Waals surface area contributed by atoms with E-state index in [2.05, 4.69) is 4.99 Å². The number of Topliss-reactive ketones (excluding diaryl/α,β-unsaturated/α-hetero) is 1. The molecule has 16 nitrogen and oxygen atoms in total. The number of aliphatic hydroxyl groups excluding tert-OH is 12. The second-order valence-corrected chi connectivity index (χ2v) is 15.0. The Hall–Kier alpha value is -1.74. The van der Waals surface area contributed by atoms with Crippen LogP contribution < -0.4 is 0 Å². The normalized spacial score (nSPS) is 27.1. The maximum absolute atomic E-state index is 12.9. The Bertz CT molecular complexity index is 1110. The van der Waals surface area contributed by atoms with Gasteiger partial charge < -0.3 is 70.8 Å². The summed E-state index contributed by atoms with van der Waals surface area (Å²) >= 11 is 0. The van der Waals surface area contributed by atoms with Crippen LogP contribution in [-0.2, 0) is 14.3 Å². The van der Waals surface area contributed by atoms with E-state index in [4.69, 9.17) is 9.47 Å². The molecule has 322 valence electrons. The summed E-state index contributed by atoms with van der Waals surface area (Å²) in [7, 11) is 0. The first kappa shape index (κ1) is 51.3. The predicted molar refractivity (Wildman–Crippen MR) is 204 cm³/mol. The van der Waals surface area contributed by atoms with Gasteiger partial charge in [0.15, 0.2) is 6.29 Å². The van der Waals surface area contributed by atoms with Gasteiger partial charge in [0.1, 0.15) is 24.1 Å². The molecule has 12 N–H and O–H groups in total. The Morgan fingerprint density at radius 3 is 1.73 bits per heavy atom. The third-order valence-electron chi connectivity index (χ3n) is 9.77. The maximum atomic E-state index is 12.9. The molecule has 0 saturated carbocycles. The van der Waals surface area contributed by atoms with E-state index in [9.17, 15) is 66.1 Å². The standard InChI is InChI=1S/C39H71NO15/c1-5-35(55-39-38(53)37(52)36(51)24(4)54-39)23(3)34(50)22-33(49)21-32(48)19-28(44)13-8-12-27(43)18-31(47)20-30(46)17-26(42)11-7-10-25(41)16-29(45)14-9-15-40-6-2/h6-8,11,13,23-33,35-39,41-49,51-53H,5,9-10,12,14-22H2,1-4H3/b11-7+,13-8+,40-6+. The molecule has 1 saturated heterocycles. The zero-order valence-corrected chi connectivity index (χ0v) is 32.9. The molecule has 16 atom stereocenters. The van der Waals surface area contributed by atoms with Gasteiger partial charge >= 0.3 is 0 Å². The number of hydrogen-bond acceptors (Lipinski definition) is 16. The van der Waals surface area contributed by atoms with E-state index in [1.54, 1.807) is 26.1 Å². The van der Waals surface area contributed by atoms with Gasteiger partial charge in [-0.2, -0.15) is 0 Å². The summed E-state index contributed by atoms with van der Waals surface area (Å²) in [5.41, 5.74) is 0. The van der Waals surface area contributed by atoms with Gasteiger partial charge in [-0.3, -0.25) is 9.79 Å². The molecule has 16 heteroatoms. The van der Waals surface area contributed by atoms with Crippen molar-refractivity contribution in [3.63, 3.8) is 0 Å². The number of carbonyl (C=O) groups excluding carboxylic acids is 1. The van der Waals surface area contributed by atoms with Gasteiger partial charge in [0, 0.05) is 31.7 Å². The van der Waals surface area contributed by atoms with Gasteiger partial charge in [-0.1, -0.05) is 38.2 Å². The van der Waals surface area contributed by atoms with Crippen molar-refractivity contribution in [1.29, 1.82) is 0 Å². The smallest absolute Gasteiger partial charge is 0.186 e. The van der Waals surface area contributed by atoms with Gasteiger partial charge in [0.2, 0.25) is 0 Å². The minimum atomic E-state index is -1.53. The number of rotatable bonds is 29. The number of hydrogen-bond donors (Lipinski definition) is 12. The summed E-state index contributed by atoms with van der Waals surface area (Å²) < 4.78 is 11.2. The van der Waals surface area contributed by atoms with Gasteiger partial charge in [0.05, 0.1) is 67.1 Å². The van der Waals surface area contributed by atoms with Crippen LogP contribution in [0.15, 0.2) is 29.3 Å². The molecule has 1 rings (SSSR count). The third kappa shape index (κ3) is 21.6. The summed E-state index contributed by atoms with van der Waals surface area (Å²) in [6.07, 6.45) is -7.51. The van der Waals surface area contributed by atoms with Crippen LogP contribution in [0.1, 0.15) is 105 Å². The average molecular weight is 794 g/mol. The van der Waals surface area contributed by atoms with Crippen LogP contribution in [0, 0.1) is 5.92 Å². The van der Waals surface area contributed by atoms with E-state index in [1.807, 2.05) is 6.92 Å². The van der Waals surface area contributed by atoms with Crippen LogP contribution in [-0.4, -0.2) is 172 Å². The van der Waals surface area contributed by atoms with Gasteiger partial charge in [0.25, 0.3) is 0 Å². The van der Waals surface area contributed by atoms with E-state index >= 15 is 0 Å². The maximum Gasteiger partial charge on any atom is 0.186 e. The topological polar surface area (TPSA) is 291 Å². The molecule has 0 radical (unpaired) electrons. The molecule has 0 aromatic rings. The lowest BCUT2D eigenvalue weighted by Gasteiger charge is -2.40. The van der Waals surface area contributed by atoms with Crippen molar-refractivity contribution in [2.75, 3.05) is 6.54 Å². The van der Waals surface area contributed by atoms with Crippen LogP contribution in [0.25, 0.3) is 0 Å². The van der Waals surface area contributed by atoms with Crippen LogP contribution in [0.4, 0.5) is 0 Å². The van der Waals surface area contributed by atoms with Crippen LogP contribution in [0.5, 0.6) is 0 Å². The van der Waals surface area contributed by atoms with Gasteiger partial charge in [-0.05, 0) is 77.8 Å². The van der Waals surface area contributed by atoms with E-state index in [0.717, 1.165) is 0 Å². The van der Waals surface area contributed by atoms with Crippen LogP contribution >= 0.6 is 0 Å². The predicted octanol–water partition coefficient (Wildman–Crippen LogP) is -0.443. The second-order valence-electron chi connectivity index (χ2n) is 15.0. The third-order valence-corrected chi connectivity index (χ3v) is 9.77. The highest BCUT2D eigenvalue weighted by Crippen LogP contribution is 2.26. The van der Waals surface area contributed by atoms with Gasteiger partial charge in [-0.15, -0.1) is 0 Å². The highest BCUT2D eigenvalue weighted by molar-refractivity contribution is 5.81. The Labute approximate surface area is 325 Å². The Kier molecular flexibility index (Phi) is 25.9. The molecule has 0 aromatic carbocycles.